The number of aryl methyl sites for hydroxylation is 1. The number of carbonyl (C=O) groups excluding carboxylic acids is 2. The van der Waals surface area contributed by atoms with Crippen LogP contribution in [0.4, 0.5) is 0 Å². The predicted molar refractivity (Wildman–Crippen MR) is 165 cm³/mol. The maximum atomic E-state index is 14.0. The molecule has 4 aromatic carbocycles. The molecule has 0 aromatic heterocycles. The zero-order valence-electron chi connectivity index (χ0n) is 23.6. The minimum absolute atomic E-state index is 0.0456. The summed E-state index contributed by atoms with van der Waals surface area (Å²) in [5.41, 5.74) is 4.62. The summed E-state index contributed by atoms with van der Waals surface area (Å²) >= 11 is 1.70. The molecule has 208 valence electrons. The molecule has 2 saturated heterocycles. The second-order valence-corrected chi connectivity index (χ2v) is 13.2. The number of β-lactam (4-membered cyclic amide) rings is 1. The van der Waals surface area contributed by atoms with E-state index in [2.05, 4.69) is 60.9 Å². The van der Waals surface area contributed by atoms with Crippen molar-refractivity contribution in [3.63, 3.8) is 0 Å². The first-order chi connectivity index (χ1) is 19.8. The highest BCUT2D eigenvalue weighted by Gasteiger charge is 2.64. The summed E-state index contributed by atoms with van der Waals surface area (Å²) < 4.78 is -0.441. The molecule has 2 fully saturated rings. The minimum Gasteiger partial charge on any atom is -0.350 e. The topological polar surface area (TPSA) is 61.4 Å². The molecule has 2 N–H and O–H groups in total. The van der Waals surface area contributed by atoms with Gasteiger partial charge in [-0.15, -0.1) is 11.8 Å². The van der Waals surface area contributed by atoms with Crippen LogP contribution in [-0.2, 0) is 21.7 Å². The number of benzene rings is 4. The van der Waals surface area contributed by atoms with Gasteiger partial charge in [-0.05, 0) is 43.0 Å². The molecule has 2 heterocycles. The molecule has 0 spiro atoms. The molecular weight excluding hydrogens is 526 g/mol. The number of rotatable bonds is 8. The molecule has 0 aliphatic carbocycles. The Morgan fingerprint density at radius 3 is 1.78 bits per heavy atom. The second-order valence-electron chi connectivity index (χ2n) is 11.4. The van der Waals surface area contributed by atoms with Gasteiger partial charge in [-0.3, -0.25) is 14.9 Å². The van der Waals surface area contributed by atoms with Crippen LogP contribution >= 0.6 is 11.8 Å². The van der Waals surface area contributed by atoms with E-state index in [1.54, 1.807) is 16.7 Å². The van der Waals surface area contributed by atoms with Gasteiger partial charge in [0.2, 0.25) is 11.8 Å². The molecule has 5 nitrogen and oxygen atoms in total. The summed E-state index contributed by atoms with van der Waals surface area (Å²) in [6.07, 6.45) is 0. The SMILES string of the molecule is Cc1ccc(CNC(=O)C2N3C(=O)C(NC(c4ccccc4)(c4ccccc4)c4ccccc4)[C@H]3SC2(C)C)cc1. The van der Waals surface area contributed by atoms with Gasteiger partial charge in [0.15, 0.2) is 0 Å². The van der Waals surface area contributed by atoms with Crippen molar-refractivity contribution in [3.05, 3.63) is 143 Å². The molecule has 6 heteroatoms. The Morgan fingerprint density at radius 1 is 0.805 bits per heavy atom. The summed E-state index contributed by atoms with van der Waals surface area (Å²) in [7, 11) is 0. The maximum Gasteiger partial charge on any atom is 0.244 e. The molecule has 0 bridgehead atoms. The summed E-state index contributed by atoms with van der Waals surface area (Å²) in [5.74, 6) is -0.159. The highest BCUT2D eigenvalue weighted by Crippen LogP contribution is 2.52. The fourth-order valence-electron chi connectivity index (χ4n) is 6.21. The van der Waals surface area contributed by atoms with E-state index in [-0.39, 0.29) is 17.2 Å². The lowest BCUT2D eigenvalue weighted by Gasteiger charge is -2.49. The van der Waals surface area contributed by atoms with E-state index in [4.69, 9.17) is 0 Å². The molecule has 2 unspecified atom stereocenters. The standard InChI is InChI=1S/C35H35N3O2S/c1-24-19-21-25(22-20-24)23-36-31(39)30-34(2,3)41-33-29(32(40)38(30)33)37-35(26-13-7-4-8-14-26,27-15-9-5-10-16-27)28-17-11-6-12-18-28/h4-22,29-30,33,37H,23H2,1-3H3,(H,36,39)/t29?,30?,33-/m1/s1. The van der Waals surface area contributed by atoms with Gasteiger partial charge in [0.1, 0.15) is 17.5 Å². The van der Waals surface area contributed by atoms with Crippen molar-refractivity contribution >= 4 is 23.6 Å². The first-order valence-electron chi connectivity index (χ1n) is 14.1. The Bertz CT molecular complexity index is 1430. The van der Waals surface area contributed by atoms with Gasteiger partial charge in [-0.2, -0.15) is 0 Å². The highest BCUT2D eigenvalue weighted by molar-refractivity contribution is 8.01. The third kappa shape index (κ3) is 4.85. The van der Waals surface area contributed by atoms with Gasteiger partial charge in [0.05, 0.1) is 5.54 Å². The average Bonchev–Trinajstić information content (AvgIpc) is 3.26. The van der Waals surface area contributed by atoms with Crippen LogP contribution in [0.3, 0.4) is 0 Å². The smallest absolute Gasteiger partial charge is 0.244 e. The van der Waals surface area contributed by atoms with Gasteiger partial charge in [0.25, 0.3) is 0 Å². The largest absolute Gasteiger partial charge is 0.350 e. The molecule has 2 aliphatic rings. The Kier molecular flexibility index (Phi) is 7.22. The number of fused-ring (bicyclic) bond motifs is 1. The summed E-state index contributed by atoms with van der Waals surface area (Å²) in [5, 5.41) is 6.79. The zero-order valence-corrected chi connectivity index (χ0v) is 24.4. The molecule has 0 radical (unpaired) electrons. The Hall–Kier alpha value is -3.87. The van der Waals surface area contributed by atoms with Gasteiger partial charge < -0.3 is 10.2 Å². The third-order valence-electron chi connectivity index (χ3n) is 8.27. The van der Waals surface area contributed by atoms with E-state index >= 15 is 0 Å². The quantitative estimate of drug-likeness (QED) is 0.216. The molecule has 3 atom stereocenters. The van der Waals surface area contributed by atoms with Crippen LogP contribution < -0.4 is 10.6 Å². The number of hydrogen-bond acceptors (Lipinski definition) is 4. The fourth-order valence-corrected chi connectivity index (χ4v) is 7.84. The lowest BCUT2D eigenvalue weighted by molar-refractivity contribution is -0.154. The summed E-state index contributed by atoms with van der Waals surface area (Å²) in [6, 6.07) is 38.0. The molecule has 2 amide bonds. The summed E-state index contributed by atoms with van der Waals surface area (Å²) in [6.45, 7) is 6.61. The van der Waals surface area contributed by atoms with Gasteiger partial charge in [0, 0.05) is 11.3 Å². The van der Waals surface area contributed by atoms with E-state index in [1.165, 1.54) is 5.56 Å². The Balaban J connectivity index is 1.32. The molecule has 41 heavy (non-hydrogen) atoms. The average molecular weight is 562 g/mol. The molecule has 0 saturated carbocycles. The fraction of sp³-hybridized carbons (Fsp3) is 0.257. The number of nitrogens with zero attached hydrogens (tertiary/aromatic N) is 1. The lowest BCUT2D eigenvalue weighted by Crippen LogP contribution is -2.73. The van der Waals surface area contributed by atoms with Crippen molar-refractivity contribution in [3.8, 4) is 0 Å². The van der Waals surface area contributed by atoms with Gasteiger partial charge >= 0.3 is 0 Å². The van der Waals surface area contributed by atoms with E-state index in [9.17, 15) is 9.59 Å². The van der Waals surface area contributed by atoms with Crippen LogP contribution in [0.25, 0.3) is 0 Å². The van der Waals surface area contributed by atoms with Gasteiger partial charge in [-0.25, -0.2) is 0 Å². The van der Waals surface area contributed by atoms with E-state index in [1.807, 2.05) is 85.8 Å². The molecule has 6 rings (SSSR count). The second kappa shape index (κ2) is 10.8. The summed E-state index contributed by atoms with van der Waals surface area (Å²) in [4.78, 5) is 29.3. The maximum absolute atomic E-state index is 14.0. The lowest BCUT2D eigenvalue weighted by atomic mass is 9.76. The first-order valence-corrected chi connectivity index (χ1v) is 15.0. The van der Waals surface area contributed by atoms with Crippen molar-refractivity contribution in [2.45, 2.75) is 55.1 Å². The first kappa shape index (κ1) is 27.3. The Morgan fingerprint density at radius 2 is 1.29 bits per heavy atom. The van der Waals surface area contributed by atoms with E-state index in [0.717, 1.165) is 22.3 Å². The Labute approximate surface area is 246 Å². The van der Waals surface area contributed by atoms with Crippen LogP contribution in [-0.4, -0.2) is 38.9 Å². The molecule has 2 aliphatic heterocycles. The number of nitrogens with one attached hydrogen (secondary N) is 2. The van der Waals surface area contributed by atoms with E-state index < -0.39 is 22.4 Å². The van der Waals surface area contributed by atoms with Crippen LogP contribution in [0.1, 0.15) is 41.7 Å². The van der Waals surface area contributed by atoms with Crippen LogP contribution in [0, 0.1) is 6.92 Å². The number of thioether (sulfide) groups is 1. The monoisotopic (exact) mass is 561 g/mol. The van der Waals surface area contributed by atoms with Crippen LogP contribution in [0.2, 0.25) is 0 Å². The number of amides is 2. The normalized spacial score (nSPS) is 21.2. The van der Waals surface area contributed by atoms with Crippen molar-refractivity contribution in [1.82, 2.24) is 15.5 Å². The van der Waals surface area contributed by atoms with E-state index in [0.29, 0.717) is 6.54 Å². The minimum atomic E-state index is -0.757. The molecule has 4 aromatic rings. The highest BCUT2D eigenvalue weighted by atomic mass is 32.2. The molecular formula is C35H35N3O2S. The third-order valence-corrected chi connectivity index (χ3v) is 9.84. The van der Waals surface area contributed by atoms with Crippen LogP contribution in [0.15, 0.2) is 115 Å². The van der Waals surface area contributed by atoms with Crippen LogP contribution in [0.5, 0.6) is 0 Å². The zero-order chi connectivity index (χ0) is 28.6. The van der Waals surface area contributed by atoms with Crippen molar-refractivity contribution < 1.29 is 9.59 Å². The van der Waals surface area contributed by atoms with Crippen molar-refractivity contribution in [2.24, 2.45) is 0 Å². The number of carbonyl (C=O) groups is 2. The van der Waals surface area contributed by atoms with Crippen molar-refractivity contribution in [1.29, 1.82) is 0 Å². The predicted octanol–water partition coefficient (Wildman–Crippen LogP) is 5.62. The number of hydrogen-bond donors (Lipinski definition) is 2. The van der Waals surface area contributed by atoms with Crippen molar-refractivity contribution in [2.75, 3.05) is 0 Å². The van der Waals surface area contributed by atoms with Gasteiger partial charge in [-0.1, -0.05) is 121 Å².